The summed E-state index contributed by atoms with van der Waals surface area (Å²) in [4.78, 5) is 13.0. The fourth-order valence-electron chi connectivity index (χ4n) is 1.49. The highest BCUT2D eigenvalue weighted by atomic mass is 16.6. The lowest BCUT2D eigenvalue weighted by Crippen LogP contribution is -2.23. The molecule has 0 bridgehead atoms. The molecule has 0 saturated carbocycles. The smallest absolute Gasteiger partial charge is 0.414 e. The summed E-state index contributed by atoms with van der Waals surface area (Å²) in [6.07, 6.45) is 4.06. The highest BCUT2D eigenvalue weighted by molar-refractivity contribution is 5.89. The second-order valence-corrected chi connectivity index (χ2v) is 3.40. The van der Waals surface area contributed by atoms with Crippen molar-refractivity contribution in [3.63, 3.8) is 0 Å². The molecule has 1 amide bonds. The molecular weight excluding hydrogens is 182 g/mol. The lowest BCUT2D eigenvalue weighted by molar-refractivity contribution is 0.139. The van der Waals surface area contributed by atoms with Crippen LogP contribution in [0.5, 0.6) is 0 Å². The van der Waals surface area contributed by atoms with Crippen LogP contribution in [0.4, 0.5) is 10.5 Å². The Balaban J connectivity index is 2.16. The topological polar surface area (TPSA) is 47.4 Å². The van der Waals surface area contributed by atoms with E-state index in [0.717, 1.165) is 12.1 Å². The number of nitrogens with zero attached hydrogens (tertiary/aromatic N) is 3. The number of amides is 1. The van der Waals surface area contributed by atoms with E-state index in [4.69, 9.17) is 4.74 Å². The predicted octanol–water partition coefficient (Wildman–Crippen LogP) is 1.16. The number of hydrogen-bond acceptors (Lipinski definition) is 3. The zero-order valence-corrected chi connectivity index (χ0v) is 8.30. The highest BCUT2D eigenvalue weighted by Gasteiger charge is 2.31. The van der Waals surface area contributed by atoms with Crippen LogP contribution in [0.15, 0.2) is 12.4 Å². The Labute approximate surface area is 82.3 Å². The van der Waals surface area contributed by atoms with Crippen LogP contribution in [-0.2, 0) is 11.8 Å². The van der Waals surface area contributed by atoms with Crippen LogP contribution in [0.3, 0.4) is 0 Å². The number of aryl methyl sites for hydroxylation is 1. The molecule has 1 fully saturated rings. The van der Waals surface area contributed by atoms with Crippen LogP contribution in [0, 0.1) is 0 Å². The summed E-state index contributed by atoms with van der Waals surface area (Å²) in [5.41, 5.74) is 0.799. The molecule has 2 heterocycles. The monoisotopic (exact) mass is 195 g/mol. The quantitative estimate of drug-likeness (QED) is 0.711. The fraction of sp³-hybridized carbons (Fsp3) is 0.556. The Morgan fingerprint density at radius 2 is 2.50 bits per heavy atom. The van der Waals surface area contributed by atoms with E-state index in [0.29, 0.717) is 6.54 Å². The zero-order valence-electron chi connectivity index (χ0n) is 8.30. The van der Waals surface area contributed by atoms with E-state index in [-0.39, 0.29) is 12.2 Å². The highest BCUT2D eigenvalue weighted by Crippen LogP contribution is 2.21. The summed E-state index contributed by atoms with van der Waals surface area (Å²) in [7, 11) is 1.82. The molecule has 76 valence electrons. The van der Waals surface area contributed by atoms with Gasteiger partial charge in [0.2, 0.25) is 0 Å². The molecule has 1 aromatic rings. The second-order valence-electron chi connectivity index (χ2n) is 3.40. The summed E-state index contributed by atoms with van der Waals surface area (Å²) in [6.45, 7) is 2.63. The van der Waals surface area contributed by atoms with Crippen molar-refractivity contribution in [1.29, 1.82) is 0 Å². The Hall–Kier alpha value is -1.52. The van der Waals surface area contributed by atoms with E-state index >= 15 is 0 Å². The molecule has 2 rings (SSSR count). The molecular formula is C9H13N3O2. The fourth-order valence-corrected chi connectivity index (χ4v) is 1.49. The average molecular weight is 195 g/mol. The van der Waals surface area contributed by atoms with Crippen molar-refractivity contribution in [2.24, 2.45) is 7.05 Å². The average Bonchev–Trinajstić information content (AvgIpc) is 2.71. The number of carbonyl (C=O) groups excluding carboxylic acids is 1. The van der Waals surface area contributed by atoms with Crippen molar-refractivity contribution in [3.8, 4) is 0 Å². The minimum Gasteiger partial charge on any atom is -0.444 e. The Morgan fingerprint density at radius 3 is 3.00 bits per heavy atom. The number of rotatable bonds is 2. The van der Waals surface area contributed by atoms with Crippen molar-refractivity contribution in [3.05, 3.63) is 12.4 Å². The van der Waals surface area contributed by atoms with Crippen molar-refractivity contribution >= 4 is 11.8 Å². The van der Waals surface area contributed by atoms with Crippen molar-refractivity contribution < 1.29 is 9.53 Å². The first-order chi connectivity index (χ1) is 6.70. The second kappa shape index (κ2) is 3.32. The number of hydrogen-bond donors (Lipinski definition) is 0. The first-order valence-corrected chi connectivity index (χ1v) is 4.67. The maximum atomic E-state index is 11.4. The Bertz CT molecular complexity index is 348. The predicted molar refractivity (Wildman–Crippen MR) is 51.1 cm³/mol. The number of aromatic nitrogens is 2. The number of cyclic esters (lactones) is 1. The van der Waals surface area contributed by atoms with Gasteiger partial charge in [0.05, 0.1) is 18.4 Å². The lowest BCUT2D eigenvalue weighted by atomic mass is 10.3. The zero-order chi connectivity index (χ0) is 10.1. The van der Waals surface area contributed by atoms with E-state index in [1.54, 1.807) is 22.0 Å². The van der Waals surface area contributed by atoms with Crippen LogP contribution >= 0.6 is 0 Å². The summed E-state index contributed by atoms with van der Waals surface area (Å²) in [6, 6.07) is 0. The van der Waals surface area contributed by atoms with Crippen LogP contribution in [0.25, 0.3) is 0 Å². The van der Waals surface area contributed by atoms with E-state index < -0.39 is 0 Å². The van der Waals surface area contributed by atoms with Gasteiger partial charge in [-0.3, -0.25) is 9.58 Å². The Kier molecular flexibility index (Phi) is 2.15. The number of ether oxygens (including phenoxy) is 1. The summed E-state index contributed by atoms with van der Waals surface area (Å²) < 4.78 is 6.81. The maximum Gasteiger partial charge on any atom is 0.414 e. The van der Waals surface area contributed by atoms with Crippen molar-refractivity contribution in [2.45, 2.75) is 19.4 Å². The standard InChI is InChI=1S/C9H13N3O2/c1-3-8-6-12(9(13)14-8)7-4-10-11(2)5-7/h4-5,8H,3,6H2,1-2H3/t8-/m0/s1. The molecule has 0 radical (unpaired) electrons. The molecule has 0 unspecified atom stereocenters. The lowest BCUT2D eigenvalue weighted by Gasteiger charge is -2.08. The molecule has 1 atom stereocenters. The first-order valence-electron chi connectivity index (χ1n) is 4.67. The van der Waals surface area contributed by atoms with Gasteiger partial charge in [-0.2, -0.15) is 5.10 Å². The van der Waals surface area contributed by atoms with Gasteiger partial charge in [-0.1, -0.05) is 6.92 Å². The third-order valence-corrected chi connectivity index (χ3v) is 2.33. The molecule has 5 nitrogen and oxygen atoms in total. The molecule has 1 aromatic heterocycles. The molecule has 1 aliphatic rings. The van der Waals surface area contributed by atoms with Gasteiger partial charge in [-0.25, -0.2) is 4.79 Å². The van der Waals surface area contributed by atoms with Gasteiger partial charge in [0.25, 0.3) is 0 Å². The van der Waals surface area contributed by atoms with Crippen LogP contribution in [0.2, 0.25) is 0 Å². The summed E-state index contributed by atoms with van der Waals surface area (Å²) >= 11 is 0. The Morgan fingerprint density at radius 1 is 1.71 bits per heavy atom. The van der Waals surface area contributed by atoms with Gasteiger partial charge < -0.3 is 4.74 Å². The van der Waals surface area contributed by atoms with E-state index in [2.05, 4.69) is 5.10 Å². The summed E-state index contributed by atoms with van der Waals surface area (Å²) in [5.74, 6) is 0. The van der Waals surface area contributed by atoms with Crippen LogP contribution < -0.4 is 4.90 Å². The molecule has 0 aliphatic carbocycles. The molecule has 5 heteroatoms. The first kappa shape index (κ1) is 9.05. The van der Waals surface area contributed by atoms with Gasteiger partial charge in [-0.05, 0) is 6.42 Å². The van der Waals surface area contributed by atoms with E-state index in [9.17, 15) is 4.79 Å². The normalized spacial score (nSPS) is 21.4. The molecule has 14 heavy (non-hydrogen) atoms. The minimum atomic E-state index is -0.273. The van der Waals surface area contributed by atoms with Gasteiger partial charge in [0.1, 0.15) is 6.10 Å². The number of carbonyl (C=O) groups is 1. The van der Waals surface area contributed by atoms with Gasteiger partial charge in [0.15, 0.2) is 0 Å². The summed E-state index contributed by atoms with van der Waals surface area (Å²) in [5, 5.41) is 4.01. The van der Waals surface area contributed by atoms with Gasteiger partial charge >= 0.3 is 6.09 Å². The molecule has 1 saturated heterocycles. The largest absolute Gasteiger partial charge is 0.444 e. The molecule has 1 aliphatic heterocycles. The van der Waals surface area contributed by atoms with Crippen LogP contribution in [0.1, 0.15) is 13.3 Å². The third kappa shape index (κ3) is 1.45. The van der Waals surface area contributed by atoms with Crippen LogP contribution in [-0.4, -0.2) is 28.5 Å². The molecule has 0 spiro atoms. The van der Waals surface area contributed by atoms with Gasteiger partial charge in [-0.15, -0.1) is 0 Å². The van der Waals surface area contributed by atoms with E-state index in [1.165, 1.54) is 0 Å². The maximum absolute atomic E-state index is 11.4. The number of anilines is 1. The van der Waals surface area contributed by atoms with E-state index in [1.807, 2.05) is 14.0 Å². The van der Waals surface area contributed by atoms with Crippen molar-refractivity contribution in [2.75, 3.05) is 11.4 Å². The molecule has 0 aromatic carbocycles. The minimum absolute atomic E-state index is 0.0164. The van der Waals surface area contributed by atoms with Gasteiger partial charge in [0, 0.05) is 13.2 Å². The third-order valence-electron chi connectivity index (χ3n) is 2.33. The van der Waals surface area contributed by atoms with Crippen molar-refractivity contribution in [1.82, 2.24) is 9.78 Å². The molecule has 0 N–H and O–H groups in total. The SMILES string of the molecule is CC[C@H]1CN(c2cnn(C)c2)C(=O)O1.